The number of halogens is 3. The van der Waals surface area contributed by atoms with Crippen LogP contribution in [0.3, 0.4) is 0 Å². The Bertz CT molecular complexity index is 1140. The van der Waals surface area contributed by atoms with Crippen molar-refractivity contribution in [2.45, 2.75) is 24.9 Å². The molecule has 0 unspecified atom stereocenters. The van der Waals surface area contributed by atoms with Crippen LogP contribution in [-0.4, -0.2) is 25.1 Å². The number of hydrogen-bond acceptors (Lipinski definition) is 4. The van der Waals surface area contributed by atoms with Crippen molar-refractivity contribution < 1.29 is 26.3 Å². The minimum absolute atomic E-state index is 0.0644. The molecule has 0 aliphatic heterocycles. The molecule has 3 aromatic rings. The highest BCUT2D eigenvalue weighted by Gasteiger charge is 2.35. The van der Waals surface area contributed by atoms with Crippen molar-refractivity contribution >= 4 is 10.0 Å². The molecular formula is C19H18F3N3O3S. The molecular weight excluding hydrogens is 407 g/mol. The highest BCUT2D eigenvalue weighted by molar-refractivity contribution is 7.89. The molecule has 10 heteroatoms. The molecule has 0 aliphatic carbocycles. The minimum atomic E-state index is -4.64. The monoisotopic (exact) mass is 425 g/mol. The molecule has 0 fully saturated rings. The van der Waals surface area contributed by atoms with E-state index in [-0.39, 0.29) is 10.7 Å². The number of ether oxygens (including phenoxy) is 1. The second kappa shape index (κ2) is 7.20. The Kier molecular flexibility index (Phi) is 5.18. The molecule has 0 saturated heterocycles. The van der Waals surface area contributed by atoms with E-state index in [0.717, 1.165) is 17.3 Å². The van der Waals surface area contributed by atoms with Gasteiger partial charge in [0.2, 0.25) is 10.0 Å². The number of primary sulfonamides is 1. The SMILES string of the molecule is COc1c(C)cc(-c2nc(C(F)(F)F)cn2-c2ccc(S(N)(=O)=O)cc2)cc1C. The maximum absolute atomic E-state index is 13.3. The van der Waals surface area contributed by atoms with Gasteiger partial charge in [0.05, 0.1) is 12.0 Å². The third-order valence-electron chi connectivity index (χ3n) is 4.36. The van der Waals surface area contributed by atoms with E-state index in [0.29, 0.717) is 17.0 Å². The van der Waals surface area contributed by atoms with Crippen molar-refractivity contribution in [3.63, 3.8) is 0 Å². The van der Waals surface area contributed by atoms with E-state index < -0.39 is 21.9 Å². The first kappa shape index (κ1) is 20.9. The molecule has 1 aromatic heterocycles. The Morgan fingerprint density at radius 3 is 2.07 bits per heavy atom. The van der Waals surface area contributed by atoms with Gasteiger partial charge in [-0.3, -0.25) is 4.57 Å². The topological polar surface area (TPSA) is 87.2 Å². The fourth-order valence-electron chi connectivity index (χ4n) is 3.12. The van der Waals surface area contributed by atoms with Crippen LogP contribution in [0.4, 0.5) is 13.2 Å². The van der Waals surface area contributed by atoms with Gasteiger partial charge in [0, 0.05) is 17.4 Å². The molecule has 2 aromatic carbocycles. The highest BCUT2D eigenvalue weighted by Crippen LogP contribution is 2.35. The number of sulfonamides is 1. The molecule has 154 valence electrons. The van der Waals surface area contributed by atoms with Crippen LogP contribution in [0.2, 0.25) is 0 Å². The summed E-state index contributed by atoms with van der Waals surface area (Å²) >= 11 is 0. The van der Waals surface area contributed by atoms with Gasteiger partial charge in [0.1, 0.15) is 11.6 Å². The van der Waals surface area contributed by atoms with E-state index in [4.69, 9.17) is 9.88 Å². The first-order valence-electron chi connectivity index (χ1n) is 8.37. The van der Waals surface area contributed by atoms with E-state index in [1.165, 1.54) is 35.9 Å². The number of methoxy groups -OCH3 is 1. The first-order chi connectivity index (χ1) is 13.4. The van der Waals surface area contributed by atoms with Crippen LogP contribution in [0.25, 0.3) is 17.1 Å². The number of rotatable bonds is 4. The average Bonchev–Trinajstić information content (AvgIpc) is 3.06. The lowest BCUT2D eigenvalue weighted by atomic mass is 10.0. The van der Waals surface area contributed by atoms with Crippen LogP contribution in [0.5, 0.6) is 5.75 Å². The lowest BCUT2D eigenvalue weighted by Crippen LogP contribution is -2.12. The summed E-state index contributed by atoms with van der Waals surface area (Å²) in [5, 5.41) is 5.08. The lowest BCUT2D eigenvalue weighted by Gasteiger charge is -2.13. The Morgan fingerprint density at radius 1 is 1.07 bits per heavy atom. The van der Waals surface area contributed by atoms with Crippen molar-refractivity contribution in [3.8, 4) is 22.8 Å². The Morgan fingerprint density at radius 2 is 1.62 bits per heavy atom. The molecule has 0 saturated carbocycles. The van der Waals surface area contributed by atoms with Gasteiger partial charge in [0.25, 0.3) is 0 Å². The molecule has 3 rings (SSSR count). The number of hydrogen-bond donors (Lipinski definition) is 1. The lowest BCUT2D eigenvalue weighted by molar-refractivity contribution is -0.140. The largest absolute Gasteiger partial charge is 0.496 e. The van der Waals surface area contributed by atoms with E-state index in [1.54, 1.807) is 26.0 Å². The zero-order chi connectivity index (χ0) is 21.6. The molecule has 0 bridgehead atoms. The summed E-state index contributed by atoms with van der Waals surface area (Å²) < 4.78 is 69.4. The number of alkyl halides is 3. The number of nitrogens with zero attached hydrogens (tertiary/aromatic N) is 2. The Labute approximate surface area is 165 Å². The maximum Gasteiger partial charge on any atom is 0.434 e. The van der Waals surface area contributed by atoms with Crippen molar-refractivity contribution in [1.82, 2.24) is 9.55 Å². The van der Waals surface area contributed by atoms with E-state index in [9.17, 15) is 21.6 Å². The average molecular weight is 425 g/mol. The second-order valence-electron chi connectivity index (χ2n) is 6.50. The summed E-state index contributed by atoms with van der Waals surface area (Å²) in [5.41, 5.74) is 1.20. The molecule has 0 spiro atoms. The van der Waals surface area contributed by atoms with Crippen LogP contribution in [0.15, 0.2) is 47.5 Å². The molecule has 29 heavy (non-hydrogen) atoms. The molecule has 0 amide bonds. The van der Waals surface area contributed by atoms with E-state index >= 15 is 0 Å². The molecule has 6 nitrogen and oxygen atoms in total. The smallest absolute Gasteiger partial charge is 0.434 e. The molecule has 0 atom stereocenters. The number of benzene rings is 2. The summed E-state index contributed by atoms with van der Waals surface area (Å²) in [6, 6.07) is 8.56. The minimum Gasteiger partial charge on any atom is -0.496 e. The predicted molar refractivity (Wildman–Crippen MR) is 101 cm³/mol. The summed E-state index contributed by atoms with van der Waals surface area (Å²) in [4.78, 5) is 3.65. The third kappa shape index (κ3) is 4.13. The van der Waals surface area contributed by atoms with Gasteiger partial charge >= 0.3 is 6.18 Å². The quantitative estimate of drug-likeness (QED) is 0.688. The summed E-state index contributed by atoms with van der Waals surface area (Å²) in [6.07, 6.45) is -3.77. The van der Waals surface area contributed by atoms with Crippen molar-refractivity contribution in [1.29, 1.82) is 0 Å². The highest BCUT2D eigenvalue weighted by atomic mass is 32.2. The van der Waals surface area contributed by atoms with Gasteiger partial charge in [0.15, 0.2) is 5.69 Å². The number of imidazole rings is 1. The van der Waals surface area contributed by atoms with Crippen molar-refractivity contribution in [2.24, 2.45) is 5.14 Å². The van der Waals surface area contributed by atoms with Gasteiger partial charge in [-0.1, -0.05) is 0 Å². The molecule has 1 heterocycles. The molecule has 2 N–H and O–H groups in total. The normalized spacial score (nSPS) is 12.2. The zero-order valence-electron chi connectivity index (χ0n) is 15.8. The van der Waals surface area contributed by atoms with Gasteiger partial charge in [-0.25, -0.2) is 18.5 Å². The van der Waals surface area contributed by atoms with Gasteiger partial charge < -0.3 is 4.74 Å². The molecule has 0 radical (unpaired) electrons. The van der Waals surface area contributed by atoms with Gasteiger partial charge in [-0.15, -0.1) is 0 Å². The van der Waals surface area contributed by atoms with E-state index in [2.05, 4.69) is 4.98 Å². The predicted octanol–water partition coefficient (Wildman–Crippen LogP) is 3.83. The number of aromatic nitrogens is 2. The summed E-state index contributed by atoms with van der Waals surface area (Å²) in [7, 11) is -2.40. The number of nitrogens with two attached hydrogens (primary N) is 1. The zero-order valence-corrected chi connectivity index (χ0v) is 16.6. The van der Waals surface area contributed by atoms with Gasteiger partial charge in [-0.05, 0) is 61.4 Å². The van der Waals surface area contributed by atoms with Gasteiger partial charge in [-0.2, -0.15) is 13.2 Å². The Hall–Kier alpha value is -2.85. The Balaban J connectivity index is 2.22. The van der Waals surface area contributed by atoms with Crippen LogP contribution < -0.4 is 9.88 Å². The fourth-order valence-corrected chi connectivity index (χ4v) is 3.63. The number of aryl methyl sites for hydroxylation is 2. The maximum atomic E-state index is 13.3. The third-order valence-corrected chi connectivity index (χ3v) is 5.29. The van der Waals surface area contributed by atoms with Crippen LogP contribution in [-0.2, 0) is 16.2 Å². The van der Waals surface area contributed by atoms with Crippen LogP contribution in [0, 0.1) is 13.8 Å². The fraction of sp³-hybridized carbons (Fsp3) is 0.211. The van der Waals surface area contributed by atoms with Crippen molar-refractivity contribution in [2.75, 3.05) is 7.11 Å². The first-order valence-corrected chi connectivity index (χ1v) is 9.92. The van der Waals surface area contributed by atoms with E-state index in [1.807, 2.05) is 0 Å². The second-order valence-corrected chi connectivity index (χ2v) is 8.06. The summed E-state index contributed by atoms with van der Waals surface area (Å²) in [6.45, 7) is 3.57. The van der Waals surface area contributed by atoms with Crippen molar-refractivity contribution in [3.05, 3.63) is 59.4 Å². The molecule has 0 aliphatic rings. The standard InChI is InChI=1S/C19H18F3N3O3S/c1-11-8-13(9-12(2)17(11)28-3)18-24-16(19(20,21)22)10-25(18)14-4-6-15(7-5-14)29(23,26)27/h4-10H,1-3H3,(H2,23,26,27). The van der Waals surface area contributed by atoms with Crippen LogP contribution >= 0.6 is 0 Å². The van der Waals surface area contributed by atoms with Crippen LogP contribution in [0.1, 0.15) is 16.8 Å². The summed E-state index contributed by atoms with van der Waals surface area (Å²) in [5.74, 6) is 0.704.